The Morgan fingerprint density at radius 1 is 1.36 bits per heavy atom. The predicted molar refractivity (Wildman–Crippen MR) is 83.6 cm³/mol. The van der Waals surface area contributed by atoms with Crippen molar-refractivity contribution in [2.75, 3.05) is 33.1 Å². The van der Waals surface area contributed by atoms with E-state index in [1.54, 1.807) is 19.4 Å². The van der Waals surface area contributed by atoms with E-state index in [0.717, 1.165) is 11.9 Å². The van der Waals surface area contributed by atoms with Crippen molar-refractivity contribution < 1.29 is 17.9 Å². The van der Waals surface area contributed by atoms with Gasteiger partial charge in [0.05, 0.1) is 18.5 Å². The lowest BCUT2D eigenvalue weighted by Gasteiger charge is -2.19. The summed E-state index contributed by atoms with van der Waals surface area (Å²) in [5, 5.41) is 2.73. The number of methoxy groups -OCH3 is 1. The average molecular weight is 329 g/mol. The molecule has 0 unspecified atom stereocenters. The number of hydrogen-bond donors (Lipinski definition) is 1. The minimum Gasteiger partial charge on any atom is -0.385 e. The molecule has 0 atom stereocenters. The summed E-state index contributed by atoms with van der Waals surface area (Å²) in [6.45, 7) is 1.33. The molecule has 0 fully saturated rings. The van der Waals surface area contributed by atoms with E-state index in [9.17, 15) is 13.2 Å². The fourth-order valence-corrected chi connectivity index (χ4v) is 2.72. The molecule has 1 aromatic rings. The molecule has 0 bridgehead atoms. The number of pyridine rings is 1. The van der Waals surface area contributed by atoms with Crippen molar-refractivity contribution in [1.82, 2.24) is 14.6 Å². The minimum atomic E-state index is -3.32. The smallest absolute Gasteiger partial charge is 0.221 e. The zero-order valence-electron chi connectivity index (χ0n) is 13.0. The molecule has 124 valence electrons. The summed E-state index contributed by atoms with van der Waals surface area (Å²) in [6, 6.07) is 5.46. The summed E-state index contributed by atoms with van der Waals surface area (Å²) < 4.78 is 29.5. The van der Waals surface area contributed by atoms with E-state index >= 15 is 0 Å². The number of rotatable bonds is 10. The Kier molecular flexibility index (Phi) is 8.00. The van der Waals surface area contributed by atoms with E-state index < -0.39 is 10.0 Å². The molecular formula is C14H23N3O4S. The summed E-state index contributed by atoms with van der Waals surface area (Å²) >= 11 is 0. The highest BCUT2D eigenvalue weighted by Crippen LogP contribution is 2.02. The van der Waals surface area contributed by atoms with Crippen LogP contribution in [0.3, 0.4) is 0 Å². The second kappa shape index (κ2) is 9.50. The maximum absolute atomic E-state index is 11.8. The number of carbonyl (C=O) groups excluding carboxylic acids is 1. The van der Waals surface area contributed by atoms with E-state index in [-0.39, 0.29) is 18.9 Å². The van der Waals surface area contributed by atoms with Crippen LogP contribution in [0, 0.1) is 0 Å². The van der Waals surface area contributed by atoms with Gasteiger partial charge in [-0.2, -0.15) is 0 Å². The number of amides is 1. The molecule has 0 aliphatic rings. The Balaban J connectivity index is 2.38. The molecule has 0 aliphatic heterocycles. The number of aromatic nitrogens is 1. The van der Waals surface area contributed by atoms with Gasteiger partial charge >= 0.3 is 0 Å². The summed E-state index contributed by atoms with van der Waals surface area (Å²) in [5.74, 6) is -0.203. The molecule has 1 rings (SSSR count). The fourth-order valence-electron chi connectivity index (χ4n) is 1.84. The van der Waals surface area contributed by atoms with Crippen LogP contribution in [0.5, 0.6) is 0 Å². The highest BCUT2D eigenvalue weighted by Gasteiger charge is 2.17. The molecule has 1 amide bonds. The van der Waals surface area contributed by atoms with Gasteiger partial charge in [-0.3, -0.25) is 9.78 Å². The van der Waals surface area contributed by atoms with Gasteiger partial charge in [0.25, 0.3) is 0 Å². The molecule has 0 saturated carbocycles. The second-order valence-electron chi connectivity index (χ2n) is 4.86. The quantitative estimate of drug-likeness (QED) is 0.627. The molecule has 7 nitrogen and oxygen atoms in total. The van der Waals surface area contributed by atoms with Gasteiger partial charge in [0, 0.05) is 39.4 Å². The van der Waals surface area contributed by atoms with Gasteiger partial charge in [-0.25, -0.2) is 12.7 Å². The third kappa shape index (κ3) is 7.48. The van der Waals surface area contributed by atoms with Crippen LogP contribution in [0.2, 0.25) is 0 Å². The highest BCUT2D eigenvalue weighted by molar-refractivity contribution is 7.88. The van der Waals surface area contributed by atoms with E-state index in [4.69, 9.17) is 4.74 Å². The molecule has 1 N–H and O–H groups in total. The van der Waals surface area contributed by atoms with Crippen molar-refractivity contribution in [1.29, 1.82) is 0 Å². The van der Waals surface area contributed by atoms with Crippen molar-refractivity contribution in [3.8, 4) is 0 Å². The molecule has 8 heteroatoms. The van der Waals surface area contributed by atoms with Gasteiger partial charge in [-0.1, -0.05) is 6.07 Å². The number of sulfonamides is 1. The minimum absolute atomic E-state index is 0.118. The summed E-state index contributed by atoms with van der Waals surface area (Å²) in [6.07, 6.45) is 3.51. The standard InChI is InChI=1S/C14H23N3O4S/c1-21-11-5-9-17(22(2,19)20)10-7-14(18)16-12-13-6-3-4-8-15-13/h3-4,6,8H,5,7,9-12H2,1-2H3,(H,16,18). The Morgan fingerprint density at radius 3 is 2.73 bits per heavy atom. The summed E-state index contributed by atoms with van der Waals surface area (Å²) in [5.41, 5.74) is 0.760. The van der Waals surface area contributed by atoms with Crippen LogP contribution in [0.25, 0.3) is 0 Å². The Morgan fingerprint density at radius 2 is 2.14 bits per heavy atom. The Bertz CT molecular complexity index is 548. The number of carbonyl (C=O) groups is 1. The van der Waals surface area contributed by atoms with E-state index in [1.165, 1.54) is 4.31 Å². The van der Waals surface area contributed by atoms with Crippen molar-refractivity contribution in [2.45, 2.75) is 19.4 Å². The fraction of sp³-hybridized carbons (Fsp3) is 0.571. The molecular weight excluding hydrogens is 306 g/mol. The van der Waals surface area contributed by atoms with E-state index in [2.05, 4.69) is 10.3 Å². The third-order valence-corrected chi connectivity index (χ3v) is 4.31. The van der Waals surface area contributed by atoms with Gasteiger partial charge in [-0.05, 0) is 18.6 Å². The molecule has 1 heterocycles. The van der Waals surface area contributed by atoms with Crippen molar-refractivity contribution in [3.05, 3.63) is 30.1 Å². The molecule has 1 aromatic heterocycles. The summed E-state index contributed by atoms with van der Waals surface area (Å²) in [7, 11) is -1.76. The van der Waals surface area contributed by atoms with Crippen molar-refractivity contribution in [2.24, 2.45) is 0 Å². The Hall–Kier alpha value is -1.51. The van der Waals surface area contributed by atoms with Gasteiger partial charge in [0.15, 0.2) is 0 Å². The largest absolute Gasteiger partial charge is 0.385 e. The number of nitrogens with one attached hydrogen (secondary N) is 1. The normalized spacial score (nSPS) is 11.6. The van der Waals surface area contributed by atoms with Crippen molar-refractivity contribution >= 4 is 15.9 Å². The van der Waals surface area contributed by atoms with Crippen LogP contribution >= 0.6 is 0 Å². The third-order valence-electron chi connectivity index (χ3n) is 3.01. The second-order valence-corrected chi connectivity index (χ2v) is 6.84. The van der Waals surface area contributed by atoms with Crippen molar-refractivity contribution in [3.63, 3.8) is 0 Å². The lowest BCUT2D eigenvalue weighted by molar-refractivity contribution is -0.121. The first-order valence-electron chi connectivity index (χ1n) is 7.04. The average Bonchev–Trinajstić information content (AvgIpc) is 2.48. The van der Waals surface area contributed by atoms with Crippen LogP contribution in [-0.2, 0) is 26.1 Å². The predicted octanol–water partition coefficient (Wildman–Crippen LogP) is 0.386. The first-order valence-corrected chi connectivity index (χ1v) is 8.89. The zero-order chi connectivity index (χ0) is 16.4. The number of hydrogen-bond acceptors (Lipinski definition) is 5. The monoisotopic (exact) mass is 329 g/mol. The van der Waals surface area contributed by atoms with Gasteiger partial charge in [-0.15, -0.1) is 0 Å². The molecule has 22 heavy (non-hydrogen) atoms. The van der Waals surface area contributed by atoms with Crippen LogP contribution in [-0.4, -0.2) is 56.7 Å². The van der Waals surface area contributed by atoms with Gasteiger partial charge in [0.2, 0.25) is 15.9 Å². The maximum atomic E-state index is 11.8. The molecule has 0 spiro atoms. The summed E-state index contributed by atoms with van der Waals surface area (Å²) in [4.78, 5) is 15.9. The van der Waals surface area contributed by atoms with Gasteiger partial charge < -0.3 is 10.1 Å². The lowest BCUT2D eigenvalue weighted by Crippen LogP contribution is -2.35. The number of nitrogens with zero attached hydrogens (tertiary/aromatic N) is 2. The topological polar surface area (TPSA) is 88.6 Å². The lowest BCUT2D eigenvalue weighted by atomic mass is 10.3. The first kappa shape index (κ1) is 18.5. The zero-order valence-corrected chi connectivity index (χ0v) is 13.8. The van der Waals surface area contributed by atoms with Crippen LogP contribution in [0.1, 0.15) is 18.5 Å². The SMILES string of the molecule is COCCCN(CCC(=O)NCc1ccccn1)S(C)(=O)=O. The van der Waals surface area contributed by atoms with Gasteiger partial charge in [0.1, 0.15) is 0 Å². The Labute approximate surface area is 131 Å². The molecule has 0 saturated heterocycles. The highest BCUT2D eigenvalue weighted by atomic mass is 32.2. The maximum Gasteiger partial charge on any atom is 0.221 e. The van der Waals surface area contributed by atoms with E-state index in [0.29, 0.717) is 26.1 Å². The first-order chi connectivity index (χ1) is 10.4. The van der Waals surface area contributed by atoms with E-state index in [1.807, 2.05) is 12.1 Å². The number of ether oxygens (including phenoxy) is 1. The molecule has 0 aromatic carbocycles. The van der Waals surface area contributed by atoms with Crippen LogP contribution < -0.4 is 5.32 Å². The van der Waals surface area contributed by atoms with Crippen LogP contribution in [0.4, 0.5) is 0 Å². The molecule has 0 aliphatic carbocycles. The van der Waals surface area contributed by atoms with Crippen LogP contribution in [0.15, 0.2) is 24.4 Å². The molecule has 0 radical (unpaired) electrons.